The predicted octanol–water partition coefficient (Wildman–Crippen LogP) is 0.340. The quantitative estimate of drug-likeness (QED) is 0.603. The molecule has 0 amide bonds. The first-order valence-corrected chi connectivity index (χ1v) is 3.67. The number of nitrogens with one attached hydrogen (secondary N) is 1. The maximum absolute atomic E-state index is 11.2. The number of ketones is 1. The second-order valence-corrected chi connectivity index (χ2v) is 2.59. The minimum absolute atomic E-state index is 0.0208. The van der Waals surface area contributed by atoms with E-state index < -0.39 is 0 Å². The van der Waals surface area contributed by atoms with Crippen LogP contribution in [-0.4, -0.2) is 17.4 Å². The first-order valence-electron chi connectivity index (χ1n) is 3.67. The predicted molar refractivity (Wildman–Crippen MR) is 41.5 cm³/mol. The fourth-order valence-corrected chi connectivity index (χ4v) is 1.17. The third-order valence-electron chi connectivity index (χ3n) is 1.76. The molecule has 4 nitrogen and oxygen atoms in total. The highest BCUT2D eigenvalue weighted by atomic mass is 16.5. The van der Waals surface area contributed by atoms with Crippen LogP contribution in [0.2, 0.25) is 0 Å². The number of H-pyrrole nitrogens is 1. The number of Topliss-reactive ketones (excluding diaryl/α,β-unsaturated/α-hetero) is 1. The zero-order valence-electron chi connectivity index (χ0n) is 6.29. The fourth-order valence-electron chi connectivity index (χ4n) is 1.17. The summed E-state index contributed by atoms with van der Waals surface area (Å²) in [6, 6.07) is 2.82. The lowest BCUT2D eigenvalue weighted by Crippen LogP contribution is -2.19. The number of hydrogen-bond donors (Lipinski definition) is 1. The summed E-state index contributed by atoms with van der Waals surface area (Å²) in [6.07, 6.45) is 0.388. The van der Waals surface area contributed by atoms with Gasteiger partial charge in [-0.3, -0.25) is 14.6 Å². The van der Waals surface area contributed by atoms with Crippen LogP contribution >= 0.6 is 0 Å². The monoisotopic (exact) mass is 165 g/mol. The maximum Gasteiger partial charge on any atom is 0.250 e. The van der Waals surface area contributed by atoms with Gasteiger partial charge in [-0.2, -0.15) is 0 Å². The van der Waals surface area contributed by atoms with Gasteiger partial charge in [0.2, 0.25) is 5.88 Å². The van der Waals surface area contributed by atoms with E-state index in [-0.39, 0.29) is 11.3 Å². The molecule has 0 aromatic carbocycles. The fraction of sp³-hybridized carbons (Fsp3) is 0.250. The summed E-state index contributed by atoms with van der Waals surface area (Å²) < 4.78 is 5.10. The number of aromatic nitrogens is 1. The van der Waals surface area contributed by atoms with Crippen molar-refractivity contribution in [3.8, 4) is 5.88 Å². The van der Waals surface area contributed by atoms with Gasteiger partial charge in [-0.1, -0.05) is 0 Å². The molecule has 1 aliphatic rings. The van der Waals surface area contributed by atoms with Crippen molar-refractivity contribution in [2.24, 2.45) is 0 Å². The van der Waals surface area contributed by atoms with Crippen molar-refractivity contribution in [3.05, 3.63) is 28.0 Å². The molecule has 1 aliphatic heterocycles. The van der Waals surface area contributed by atoms with E-state index in [9.17, 15) is 9.59 Å². The SMILES string of the molecule is O=C1CCOc2[nH]c(=O)ccc21. The van der Waals surface area contributed by atoms with Gasteiger partial charge in [0.25, 0.3) is 5.56 Å². The Morgan fingerprint density at radius 3 is 3.00 bits per heavy atom. The zero-order valence-corrected chi connectivity index (χ0v) is 6.29. The van der Waals surface area contributed by atoms with Crippen molar-refractivity contribution in [2.45, 2.75) is 6.42 Å². The number of carbonyl (C=O) groups is 1. The average Bonchev–Trinajstić information content (AvgIpc) is 2.04. The Kier molecular flexibility index (Phi) is 1.46. The average molecular weight is 165 g/mol. The second kappa shape index (κ2) is 2.48. The van der Waals surface area contributed by atoms with Crippen LogP contribution in [0.25, 0.3) is 0 Å². The number of ether oxygens (including phenoxy) is 1. The summed E-state index contributed by atoms with van der Waals surface area (Å²) in [5.74, 6) is 0.325. The van der Waals surface area contributed by atoms with E-state index in [4.69, 9.17) is 4.74 Å². The molecule has 0 aliphatic carbocycles. The lowest BCUT2D eigenvalue weighted by molar-refractivity contribution is 0.0929. The third-order valence-corrected chi connectivity index (χ3v) is 1.76. The largest absolute Gasteiger partial charge is 0.478 e. The lowest BCUT2D eigenvalue weighted by atomic mass is 10.1. The van der Waals surface area contributed by atoms with E-state index in [0.717, 1.165) is 0 Å². The lowest BCUT2D eigenvalue weighted by Gasteiger charge is -2.14. The molecule has 12 heavy (non-hydrogen) atoms. The molecular weight excluding hydrogens is 158 g/mol. The van der Waals surface area contributed by atoms with Crippen molar-refractivity contribution in [1.29, 1.82) is 0 Å². The van der Waals surface area contributed by atoms with Crippen LogP contribution in [-0.2, 0) is 0 Å². The molecule has 0 fully saturated rings. The van der Waals surface area contributed by atoms with Gasteiger partial charge in [0.15, 0.2) is 5.78 Å². The number of fused-ring (bicyclic) bond motifs is 1. The molecule has 4 heteroatoms. The Bertz CT molecular complexity index is 380. The highest BCUT2D eigenvalue weighted by molar-refractivity contribution is 5.98. The number of hydrogen-bond acceptors (Lipinski definition) is 3. The van der Waals surface area contributed by atoms with Crippen LogP contribution in [0.1, 0.15) is 16.8 Å². The van der Waals surface area contributed by atoms with Gasteiger partial charge in [0.1, 0.15) is 0 Å². The molecule has 0 spiro atoms. The van der Waals surface area contributed by atoms with E-state index in [1.807, 2.05) is 0 Å². The highest BCUT2D eigenvalue weighted by Crippen LogP contribution is 2.19. The van der Waals surface area contributed by atoms with Crippen molar-refractivity contribution in [2.75, 3.05) is 6.61 Å². The molecule has 0 atom stereocenters. The van der Waals surface area contributed by atoms with Crippen LogP contribution in [0, 0.1) is 0 Å². The number of rotatable bonds is 0. The Hall–Kier alpha value is -1.58. The zero-order chi connectivity index (χ0) is 8.55. The summed E-state index contributed by atoms with van der Waals surface area (Å²) in [5, 5.41) is 0. The van der Waals surface area contributed by atoms with Crippen LogP contribution in [0.4, 0.5) is 0 Å². The van der Waals surface area contributed by atoms with Gasteiger partial charge in [-0.25, -0.2) is 0 Å². The van der Waals surface area contributed by atoms with E-state index >= 15 is 0 Å². The summed E-state index contributed by atoms with van der Waals surface area (Å²) in [7, 11) is 0. The summed E-state index contributed by atoms with van der Waals surface area (Å²) in [6.45, 7) is 0.353. The van der Waals surface area contributed by atoms with Gasteiger partial charge in [0, 0.05) is 12.5 Å². The first kappa shape index (κ1) is 7.09. The van der Waals surface area contributed by atoms with Crippen molar-refractivity contribution >= 4 is 5.78 Å². The Labute approximate surface area is 68.2 Å². The van der Waals surface area contributed by atoms with E-state index in [1.54, 1.807) is 0 Å². The standard InChI is InChI=1S/C8H7NO3/c10-6-3-4-12-8-5(6)1-2-7(11)9-8/h1-2H,3-4H2,(H,9,11). The Morgan fingerprint density at radius 2 is 2.17 bits per heavy atom. The molecule has 2 rings (SSSR count). The van der Waals surface area contributed by atoms with Gasteiger partial charge in [0.05, 0.1) is 12.2 Å². The third kappa shape index (κ3) is 1.01. The molecule has 2 heterocycles. The number of aromatic amines is 1. The molecule has 1 N–H and O–H groups in total. The smallest absolute Gasteiger partial charge is 0.250 e. The van der Waals surface area contributed by atoms with Crippen LogP contribution in [0.15, 0.2) is 16.9 Å². The normalized spacial score (nSPS) is 15.2. The number of carbonyl (C=O) groups excluding carboxylic acids is 1. The minimum atomic E-state index is -0.247. The topological polar surface area (TPSA) is 59.2 Å². The number of pyridine rings is 1. The van der Waals surface area contributed by atoms with Crippen LogP contribution in [0.3, 0.4) is 0 Å². The maximum atomic E-state index is 11.2. The molecule has 0 bridgehead atoms. The minimum Gasteiger partial charge on any atom is -0.478 e. The van der Waals surface area contributed by atoms with Gasteiger partial charge >= 0.3 is 0 Å². The van der Waals surface area contributed by atoms with Crippen molar-refractivity contribution in [3.63, 3.8) is 0 Å². The molecular formula is C8H7NO3. The molecule has 0 radical (unpaired) electrons. The molecule has 62 valence electrons. The second-order valence-electron chi connectivity index (χ2n) is 2.59. The van der Waals surface area contributed by atoms with E-state index in [2.05, 4.69) is 4.98 Å². The molecule has 1 aromatic heterocycles. The molecule has 0 saturated carbocycles. The summed E-state index contributed by atoms with van der Waals surface area (Å²) >= 11 is 0. The van der Waals surface area contributed by atoms with E-state index in [0.29, 0.717) is 24.5 Å². The van der Waals surface area contributed by atoms with Gasteiger partial charge in [-0.15, -0.1) is 0 Å². The van der Waals surface area contributed by atoms with Gasteiger partial charge < -0.3 is 4.74 Å². The Balaban J connectivity index is 2.60. The van der Waals surface area contributed by atoms with Gasteiger partial charge in [-0.05, 0) is 6.07 Å². The first-order chi connectivity index (χ1) is 5.77. The highest BCUT2D eigenvalue weighted by Gasteiger charge is 2.18. The van der Waals surface area contributed by atoms with Crippen molar-refractivity contribution < 1.29 is 9.53 Å². The summed E-state index contributed by atoms with van der Waals surface area (Å²) in [4.78, 5) is 24.5. The Morgan fingerprint density at radius 1 is 1.33 bits per heavy atom. The molecule has 0 unspecified atom stereocenters. The van der Waals surface area contributed by atoms with E-state index in [1.165, 1.54) is 12.1 Å². The molecule has 1 aromatic rings. The molecule has 0 saturated heterocycles. The van der Waals surface area contributed by atoms with Crippen LogP contribution < -0.4 is 10.3 Å². The van der Waals surface area contributed by atoms with Crippen molar-refractivity contribution in [1.82, 2.24) is 4.98 Å². The summed E-state index contributed by atoms with van der Waals surface area (Å²) in [5.41, 5.74) is 0.226. The van der Waals surface area contributed by atoms with Crippen LogP contribution in [0.5, 0.6) is 5.88 Å².